The molecule has 3 aliphatic rings. The summed E-state index contributed by atoms with van der Waals surface area (Å²) < 4.78 is 40.5. The highest BCUT2D eigenvalue weighted by atomic mass is 35.5. The van der Waals surface area contributed by atoms with Crippen LogP contribution in [0, 0.1) is 11.7 Å². The maximum atomic E-state index is 14.9. The molecule has 3 aliphatic heterocycles. The SMILES string of the molecule is OCC1COCCN(c2nc(OC[C@@]34CCCN3C[C@H](F)C4)nc3c(F)c(Cl)ncc23)C1. The molecule has 2 aromatic rings. The first kappa shape index (κ1) is 21.9. The van der Waals surface area contributed by atoms with E-state index in [0.29, 0.717) is 50.5 Å². The maximum absolute atomic E-state index is 14.9. The number of halogens is 3. The van der Waals surface area contributed by atoms with Crippen LogP contribution in [0.2, 0.25) is 5.15 Å². The zero-order valence-corrected chi connectivity index (χ0v) is 18.4. The Bertz CT molecular complexity index is 1000. The molecule has 0 aromatic carbocycles. The van der Waals surface area contributed by atoms with Crippen LogP contribution in [-0.2, 0) is 4.74 Å². The molecule has 0 aliphatic carbocycles. The van der Waals surface area contributed by atoms with E-state index in [-0.39, 0.29) is 41.4 Å². The van der Waals surface area contributed by atoms with E-state index in [1.165, 1.54) is 6.20 Å². The quantitative estimate of drug-likeness (QED) is 0.667. The van der Waals surface area contributed by atoms with Gasteiger partial charge in [0.1, 0.15) is 24.1 Å². The smallest absolute Gasteiger partial charge is 0.319 e. The number of aliphatic hydroxyl groups is 1. The molecule has 0 radical (unpaired) electrons. The molecule has 3 fully saturated rings. The summed E-state index contributed by atoms with van der Waals surface area (Å²) in [5.74, 6) is -0.400. The molecule has 2 aromatic heterocycles. The minimum absolute atomic E-state index is 0.0166. The van der Waals surface area contributed by atoms with Gasteiger partial charge in [0.2, 0.25) is 0 Å². The van der Waals surface area contributed by atoms with Gasteiger partial charge in [0.15, 0.2) is 11.0 Å². The minimum Gasteiger partial charge on any atom is -0.461 e. The topological polar surface area (TPSA) is 83.8 Å². The predicted octanol–water partition coefficient (Wildman–Crippen LogP) is 2.22. The van der Waals surface area contributed by atoms with E-state index in [1.807, 2.05) is 4.90 Å². The number of pyridine rings is 1. The fourth-order valence-corrected chi connectivity index (χ4v) is 5.27. The van der Waals surface area contributed by atoms with E-state index < -0.39 is 12.0 Å². The first-order valence-electron chi connectivity index (χ1n) is 11.0. The summed E-state index contributed by atoms with van der Waals surface area (Å²) >= 11 is 5.92. The summed E-state index contributed by atoms with van der Waals surface area (Å²) in [6, 6.07) is 0.0166. The Hall–Kier alpha value is -1.88. The summed E-state index contributed by atoms with van der Waals surface area (Å²) in [7, 11) is 0. The molecule has 3 saturated heterocycles. The Morgan fingerprint density at radius 1 is 1.31 bits per heavy atom. The van der Waals surface area contributed by atoms with Crippen molar-refractivity contribution >= 4 is 28.3 Å². The third-order valence-corrected chi connectivity index (χ3v) is 6.99. The molecule has 1 unspecified atom stereocenters. The van der Waals surface area contributed by atoms with Crippen LogP contribution in [0.1, 0.15) is 19.3 Å². The van der Waals surface area contributed by atoms with Crippen LogP contribution in [0.15, 0.2) is 6.20 Å². The predicted molar refractivity (Wildman–Crippen MR) is 114 cm³/mol. The molecule has 3 atom stereocenters. The molecule has 5 rings (SSSR count). The molecular weight excluding hydrogens is 444 g/mol. The Labute approximate surface area is 189 Å². The van der Waals surface area contributed by atoms with Crippen molar-refractivity contribution < 1.29 is 23.4 Å². The first-order chi connectivity index (χ1) is 15.5. The third-order valence-electron chi connectivity index (χ3n) is 6.73. The molecule has 174 valence electrons. The van der Waals surface area contributed by atoms with Gasteiger partial charge in [0, 0.05) is 44.8 Å². The van der Waals surface area contributed by atoms with Gasteiger partial charge in [0.25, 0.3) is 0 Å². The summed E-state index contributed by atoms with van der Waals surface area (Å²) in [4.78, 5) is 16.9. The Kier molecular flexibility index (Phi) is 6.04. The number of nitrogens with zero attached hydrogens (tertiary/aromatic N) is 5. The van der Waals surface area contributed by atoms with Gasteiger partial charge in [-0.15, -0.1) is 0 Å². The summed E-state index contributed by atoms with van der Waals surface area (Å²) in [5.41, 5.74) is -0.351. The van der Waals surface area contributed by atoms with Gasteiger partial charge in [-0.3, -0.25) is 4.90 Å². The van der Waals surface area contributed by atoms with Crippen LogP contribution in [0.25, 0.3) is 10.9 Å². The van der Waals surface area contributed by atoms with Crippen molar-refractivity contribution in [1.29, 1.82) is 0 Å². The number of fused-ring (bicyclic) bond motifs is 2. The van der Waals surface area contributed by atoms with E-state index in [4.69, 9.17) is 21.1 Å². The molecule has 1 N–H and O–H groups in total. The van der Waals surface area contributed by atoms with Crippen molar-refractivity contribution in [3.05, 3.63) is 17.2 Å². The standard InChI is InChI=1S/C21H26ClF2N5O3/c22-18-16(24)17-15(7-25-18)19(28-4-5-31-11-13(8-28)10-30)27-20(26-17)32-12-21-2-1-3-29(21)9-14(23)6-21/h7,13-14,30H,1-6,8-12H2/t13?,14-,21+/m1/s1. The molecule has 5 heterocycles. The summed E-state index contributed by atoms with van der Waals surface area (Å²) in [6.07, 6.45) is 2.83. The normalized spacial score (nSPS) is 28.8. The summed E-state index contributed by atoms with van der Waals surface area (Å²) in [6.45, 7) is 3.32. The highest BCUT2D eigenvalue weighted by molar-refractivity contribution is 6.30. The van der Waals surface area contributed by atoms with Gasteiger partial charge >= 0.3 is 6.01 Å². The molecule has 0 bridgehead atoms. The Morgan fingerprint density at radius 3 is 3.03 bits per heavy atom. The van der Waals surface area contributed by atoms with Gasteiger partial charge in [0.05, 0.1) is 24.1 Å². The maximum Gasteiger partial charge on any atom is 0.319 e. The lowest BCUT2D eigenvalue weighted by Gasteiger charge is -2.31. The minimum atomic E-state index is -0.873. The van der Waals surface area contributed by atoms with Crippen molar-refractivity contribution in [3.63, 3.8) is 0 Å². The van der Waals surface area contributed by atoms with Crippen molar-refractivity contribution in [1.82, 2.24) is 19.9 Å². The van der Waals surface area contributed by atoms with Crippen molar-refractivity contribution in [2.24, 2.45) is 5.92 Å². The molecular formula is C21H26ClF2N5O3. The molecule has 32 heavy (non-hydrogen) atoms. The average molecular weight is 470 g/mol. The van der Waals surface area contributed by atoms with Crippen LogP contribution in [0.3, 0.4) is 0 Å². The summed E-state index contributed by atoms with van der Waals surface area (Å²) in [5, 5.41) is 9.78. The molecule has 0 spiro atoms. The van der Waals surface area contributed by atoms with Crippen LogP contribution in [-0.4, -0.2) is 89.3 Å². The number of hydrogen-bond donors (Lipinski definition) is 1. The third kappa shape index (κ3) is 3.98. The van der Waals surface area contributed by atoms with Crippen LogP contribution < -0.4 is 9.64 Å². The van der Waals surface area contributed by atoms with Crippen LogP contribution >= 0.6 is 11.6 Å². The second-order valence-electron chi connectivity index (χ2n) is 8.89. The zero-order valence-electron chi connectivity index (χ0n) is 17.6. The van der Waals surface area contributed by atoms with Crippen LogP contribution in [0.4, 0.5) is 14.6 Å². The molecule has 8 nitrogen and oxygen atoms in total. The van der Waals surface area contributed by atoms with Gasteiger partial charge in [-0.2, -0.15) is 9.97 Å². The van der Waals surface area contributed by atoms with E-state index in [0.717, 1.165) is 19.4 Å². The Balaban J connectivity index is 1.50. The highest BCUT2D eigenvalue weighted by Crippen LogP contribution is 2.40. The van der Waals surface area contributed by atoms with Gasteiger partial charge in [-0.25, -0.2) is 13.8 Å². The lowest BCUT2D eigenvalue weighted by Crippen LogP contribution is -2.43. The van der Waals surface area contributed by atoms with Crippen molar-refractivity contribution in [3.8, 4) is 6.01 Å². The number of alkyl halides is 1. The van der Waals surface area contributed by atoms with Crippen LogP contribution in [0.5, 0.6) is 6.01 Å². The van der Waals surface area contributed by atoms with Crippen molar-refractivity contribution in [2.45, 2.75) is 31.0 Å². The first-order valence-corrected chi connectivity index (χ1v) is 11.3. The van der Waals surface area contributed by atoms with Gasteiger partial charge < -0.3 is 19.5 Å². The number of aromatic nitrogens is 3. The molecule has 11 heteroatoms. The largest absolute Gasteiger partial charge is 0.461 e. The monoisotopic (exact) mass is 469 g/mol. The van der Waals surface area contributed by atoms with E-state index in [9.17, 15) is 13.9 Å². The fourth-order valence-electron chi connectivity index (χ4n) is 5.14. The lowest BCUT2D eigenvalue weighted by molar-refractivity contribution is 0.0959. The van der Waals surface area contributed by atoms with Gasteiger partial charge in [-0.05, 0) is 19.4 Å². The van der Waals surface area contributed by atoms with Crippen molar-refractivity contribution in [2.75, 3.05) is 57.5 Å². The Morgan fingerprint density at radius 2 is 2.19 bits per heavy atom. The number of hydrogen-bond acceptors (Lipinski definition) is 8. The molecule has 0 saturated carbocycles. The second kappa shape index (κ2) is 8.81. The van der Waals surface area contributed by atoms with E-state index >= 15 is 0 Å². The van der Waals surface area contributed by atoms with E-state index in [1.54, 1.807) is 0 Å². The zero-order chi connectivity index (χ0) is 22.3. The second-order valence-corrected chi connectivity index (χ2v) is 9.25. The number of ether oxygens (including phenoxy) is 2. The number of anilines is 1. The van der Waals surface area contributed by atoms with E-state index in [2.05, 4.69) is 19.9 Å². The lowest BCUT2D eigenvalue weighted by atomic mass is 9.95. The highest BCUT2D eigenvalue weighted by Gasteiger charge is 2.49. The fraction of sp³-hybridized carbons (Fsp3) is 0.667. The molecule has 0 amide bonds. The number of aliphatic hydroxyl groups excluding tert-OH is 1. The van der Waals surface area contributed by atoms with Gasteiger partial charge in [-0.1, -0.05) is 11.6 Å². The average Bonchev–Trinajstić information content (AvgIpc) is 3.19. The number of rotatable bonds is 5.